The molecule has 0 aromatic rings. The molecule has 2 saturated heterocycles. The predicted octanol–water partition coefficient (Wildman–Crippen LogP) is 0.919. The number of likely N-dealkylation sites (N-methyl/N-ethyl adjacent to an activating group) is 1. The molecular formula is C20H40N6O. The molecular weight excluding hydrogens is 340 g/mol. The standard InChI is InChI=1S/C20H40N6O/c1-16(2)22-20(21-15-19(27)23(5)6)26-13-11-25(12-14-26)18-7-9-24(10-8-18)17(3)4/h16-18H,7-15H2,1-6H3,(H,21,22). The molecule has 0 atom stereocenters. The second-order valence-electron chi connectivity index (χ2n) is 8.61. The van der Waals surface area contributed by atoms with Gasteiger partial charge in [0.05, 0.1) is 0 Å². The van der Waals surface area contributed by atoms with Gasteiger partial charge in [0.15, 0.2) is 5.96 Å². The Bertz CT molecular complexity index is 489. The summed E-state index contributed by atoms with van der Waals surface area (Å²) in [4.78, 5) is 25.7. The van der Waals surface area contributed by atoms with Gasteiger partial charge in [-0.2, -0.15) is 0 Å². The average Bonchev–Trinajstić information content (AvgIpc) is 2.64. The summed E-state index contributed by atoms with van der Waals surface area (Å²) < 4.78 is 0. The molecule has 0 aliphatic carbocycles. The highest BCUT2D eigenvalue weighted by molar-refractivity contribution is 5.85. The SMILES string of the molecule is CC(C)NC(=NCC(=O)N(C)C)N1CCN(C2CCN(C(C)C)CC2)CC1. The summed E-state index contributed by atoms with van der Waals surface area (Å²) in [6, 6.07) is 1.68. The first-order valence-electron chi connectivity index (χ1n) is 10.5. The van der Waals surface area contributed by atoms with Crippen molar-refractivity contribution in [1.82, 2.24) is 24.9 Å². The monoisotopic (exact) mass is 380 g/mol. The second kappa shape index (κ2) is 10.3. The maximum absolute atomic E-state index is 11.9. The number of piperazine rings is 1. The number of carbonyl (C=O) groups is 1. The van der Waals surface area contributed by atoms with Gasteiger partial charge in [-0.3, -0.25) is 9.69 Å². The largest absolute Gasteiger partial charge is 0.354 e. The van der Waals surface area contributed by atoms with E-state index in [4.69, 9.17) is 0 Å². The van der Waals surface area contributed by atoms with E-state index < -0.39 is 0 Å². The van der Waals surface area contributed by atoms with Crippen molar-refractivity contribution >= 4 is 11.9 Å². The Hall–Kier alpha value is -1.34. The highest BCUT2D eigenvalue weighted by Gasteiger charge is 2.29. The molecule has 1 N–H and O–H groups in total. The van der Waals surface area contributed by atoms with Crippen molar-refractivity contribution in [3.63, 3.8) is 0 Å². The molecule has 2 heterocycles. The van der Waals surface area contributed by atoms with Gasteiger partial charge in [0.2, 0.25) is 5.91 Å². The molecule has 0 spiro atoms. The topological polar surface area (TPSA) is 54.4 Å². The number of likely N-dealkylation sites (tertiary alicyclic amines) is 1. The molecule has 0 radical (unpaired) electrons. The highest BCUT2D eigenvalue weighted by Crippen LogP contribution is 2.19. The van der Waals surface area contributed by atoms with Gasteiger partial charge in [-0.05, 0) is 53.6 Å². The Balaban J connectivity index is 1.87. The number of hydrogen-bond donors (Lipinski definition) is 1. The Morgan fingerprint density at radius 3 is 2.11 bits per heavy atom. The molecule has 0 aromatic heterocycles. The van der Waals surface area contributed by atoms with Crippen LogP contribution in [0.4, 0.5) is 0 Å². The first-order valence-corrected chi connectivity index (χ1v) is 10.5. The molecule has 0 aromatic carbocycles. The van der Waals surface area contributed by atoms with Crippen LogP contribution in [0, 0.1) is 0 Å². The molecule has 1 amide bonds. The fourth-order valence-corrected chi connectivity index (χ4v) is 3.85. The third-order valence-corrected chi connectivity index (χ3v) is 5.64. The van der Waals surface area contributed by atoms with Crippen molar-refractivity contribution < 1.29 is 4.79 Å². The molecule has 0 bridgehead atoms. The Labute approximate surface area is 165 Å². The van der Waals surface area contributed by atoms with Crippen LogP contribution in [-0.2, 0) is 4.79 Å². The Kier molecular flexibility index (Phi) is 8.35. The van der Waals surface area contributed by atoms with E-state index in [0.717, 1.165) is 38.2 Å². The molecule has 27 heavy (non-hydrogen) atoms. The van der Waals surface area contributed by atoms with E-state index >= 15 is 0 Å². The van der Waals surface area contributed by atoms with Gasteiger partial charge < -0.3 is 20.0 Å². The molecule has 7 nitrogen and oxygen atoms in total. The van der Waals surface area contributed by atoms with Crippen LogP contribution in [0.2, 0.25) is 0 Å². The van der Waals surface area contributed by atoms with Gasteiger partial charge in [-0.25, -0.2) is 4.99 Å². The summed E-state index contributed by atoms with van der Waals surface area (Å²) in [5, 5.41) is 3.44. The molecule has 2 rings (SSSR count). The number of aliphatic imine (C=N–C) groups is 1. The first-order chi connectivity index (χ1) is 12.8. The predicted molar refractivity (Wildman–Crippen MR) is 112 cm³/mol. The lowest BCUT2D eigenvalue weighted by Gasteiger charge is -2.44. The maximum atomic E-state index is 11.9. The van der Waals surface area contributed by atoms with Gasteiger partial charge in [-0.1, -0.05) is 0 Å². The number of hydrogen-bond acceptors (Lipinski definition) is 4. The Morgan fingerprint density at radius 2 is 1.63 bits per heavy atom. The zero-order valence-electron chi connectivity index (χ0n) is 18.2. The highest BCUT2D eigenvalue weighted by atomic mass is 16.2. The normalized spacial score (nSPS) is 21.2. The summed E-state index contributed by atoms with van der Waals surface area (Å²) in [6.07, 6.45) is 2.56. The minimum absolute atomic E-state index is 0.0357. The fourth-order valence-electron chi connectivity index (χ4n) is 3.85. The van der Waals surface area contributed by atoms with Gasteiger partial charge in [0, 0.05) is 58.4 Å². The van der Waals surface area contributed by atoms with Crippen molar-refractivity contribution in [3.8, 4) is 0 Å². The van der Waals surface area contributed by atoms with E-state index in [-0.39, 0.29) is 12.5 Å². The smallest absolute Gasteiger partial charge is 0.243 e. The van der Waals surface area contributed by atoms with Crippen molar-refractivity contribution in [1.29, 1.82) is 0 Å². The average molecular weight is 381 g/mol. The van der Waals surface area contributed by atoms with Crippen molar-refractivity contribution in [2.75, 3.05) is 59.9 Å². The first kappa shape index (κ1) is 22.0. The lowest BCUT2D eigenvalue weighted by molar-refractivity contribution is -0.127. The Morgan fingerprint density at radius 1 is 1.04 bits per heavy atom. The lowest BCUT2D eigenvalue weighted by atomic mass is 10.0. The number of piperidine rings is 1. The molecule has 7 heteroatoms. The van der Waals surface area contributed by atoms with Crippen molar-refractivity contribution in [3.05, 3.63) is 0 Å². The molecule has 2 aliphatic heterocycles. The van der Waals surface area contributed by atoms with Gasteiger partial charge in [-0.15, -0.1) is 0 Å². The third-order valence-electron chi connectivity index (χ3n) is 5.64. The van der Waals surface area contributed by atoms with E-state index in [0.29, 0.717) is 12.1 Å². The zero-order valence-corrected chi connectivity index (χ0v) is 18.2. The quantitative estimate of drug-likeness (QED) is 0.568. The van der Waals surface area contributed by atoms with Crippen LogP contribution >= 0.6 is 0 Å². The third kappa shape index (κ3) is 6.64. The molecule has 0 saturated carbocycles. The van der Waals surface area contributed by atoms with Crippen LogP contribution in [0.3, 0.4) is 0 Å². The van der Waals surface area contributed by atoms with Gasteiger partial charge >= 0.3 is 0 Å². The van der Waals surface area contributed by atoms with Crippen LogP contribution in [0.15, 0.2) is 4.99 Å². The molecule has 0 unspecified atom stereocenters. The van der Waals surface area contributed by atoms with E-state index in [1.165, 1.54) is 25.9 Å². The minimum Gasteiger partial charge on any atom is -0.354 e. The summed E-state index contributed by atoms with van der Waals surface area (Å²) in [7, 11) is 3.55. The maximum Gasteiger partial charge on any atom is 0.243 e. The number of rotatable bonds is 5. The van der Waals surface area contributed by atoms with Crippen molar-refractivity contribution in [2.45, 2.75) is 58.7 Å². The summed E-state index contributed by atoms with van der Waals surface area (Å²) in [5.41, 5.74) is 0. The number of guanidine groups is 1. The van der Waals surface area contributed by atoms with Crippen LogP contribution in [0.1, 0.15) is 40.5 Å². The summed E-state index contributed by atoms with van der Waals surface area (Å²) in [5.74, 6) is 0.906. The van der Waals surface area contributed by atoms with Crippen LogP contribution in [0.25, 0.3) is 0 Å². The number of carbonyl (C=O) groups excluding carboxylic acids is 1. The molecule has 156 valence electrons. The number of nitrogens with zero attached hydrogens (tertiary/aromatic N) is 5. The lowest BCUT2D eigenvalue weighted by Crippen LogP contribution is -2.57. The molecule has 2 fully saturated rings. The van der Waals surface area contributed by atoms with Gasteiger partial charge in [0.25, 0.3) is 0 Å². The van der Waals surface area contributed by atoms with E-state index in [1.54, 1.807) is 19.0 Å². The van der Waals surface area contributed by atoms with Crippen molar-refractivity contribution in [2.24, 2.45) is 4.99 Å². The van der Waals surface area contributed by atoms with E-state index in [2.05, 4.69) is 52.7 Å². The summed E-state index contributed by atoms with van der Waals surface area (Å²) >= 11 is 0. The van der Waals surface area contributed by atoms with Crippen LogP contribution in [-0.4, -0.2) is 110 Å². The van der Waals surface area contributed by atoms with Gasteiger partial charge in [0.1, 0.15) is 6.54 Å². The second-order valence-corrected chi connectivity index (χ2v) is 8.61. The van der Waals surface area contributed by atoms with E-state index in [1.807, 2.05) is 0 Å². The molecule has 2 aliphatic rings. The number of amides is 1. The van der Waals surface area contributed by atoms with Crippen LogP contribution < -0.4 is 5.32 Å². The fraction of sp³-hybridized carbons (Fsp3) is 0.900. The summed E-state index contributed by atoms with van der Waals surface area (Å²) in [6.45, 7) is 15.6. The minimum atomic E-state index is 0.0357. The van der Waals surface area contributed by atoms with Crippen LogP contribution in [0.5, 0.6) is 0 Å². The zero-order chi connectivity index (χ0) is 20.0. The van der Waals surface area contributed by atoms with E-state index in [9.17, 15) is 4.79 Å². The number of nitrogens with one attached hydrogen (secondary N) is 1.